The van der Waals surface area contributed by atoms with Crippen LogP contribution < -0.4 is 25.0 Å². The van der Waals surface area contributed by atoms with Crippen LogP contribution in [0.3, 0.4) is 0 Å². The molecule has 23 heteroatoms. The number of sulfonamides is 1. The maximum atomic E-state index is 14.2. The molecule has 1 aliphatic carbocycles. The lowest BCUT2D eigenvalue weighted by molar-refractivity contribution is -0.384. The highest BCUT2D eigenvalue weighted by Gasteiger charge is 2.46. The Bertz CT molecular complexity index is 3710. The molecule has 0 saturated carbocycles. The molecule has 11 rings (SSSR count). The van der Waals surface area contributed by atoms with Gasteiger partial charge in [-0.1, -0.05) is 49.2 Å². The van der Waals surface area contributed by atoms with E-state index in [2.05, 4.69) is 66.0 Å². The van der Waals surface area contributed by atoms with Crippen LogP contribution in [0.5, 0.6) is 11.5 Å². The van der Waals surface area contributed by atoms with E-state index in [4.69, 9.17) is 16.3 Å². The molecule has 3 fully saturated rings. The number of carbonyl (C=O) groups is 5. The number of nitrogens with one attached hydrogen (secondary N) is 4. The number of H-pyrrole nitrogens is 1. The van der Waals surface area contributed by atoms with Gasteiger partial charge in [0.1, 0.15) is 28.9 Å². The number of rotatable bonds is 18. The van der Waals surface area contributed by atoms with Gasteiger partial charge < -0.3 is 24.8 Å². The highest BCUT2D eigenvalue weighted by molar-refractivity contribution is 7.99. The summed E-state index contributed by atoms with van der Waals surface area (Å²) < 4.78 is 36.5. The number of carbonyl (C=O) groups excluding carboxylic acids is 5. The SMILES string of the molecule is CC1(C)CCC(CN2CCN(c3ccc(C(=O)NS(=O)(=O)c4ccc(NCC5CCCN(CCSc6cccc7c6C(=O)N(C6CCC(=O)NC6=O)C7=O)C5)c([N+](=O)[O-])c4)c(Oc4cnc5[nH]ccc5c4)c3)CC2)=C(c2ccc(Cl)cc2)C1. The quantitative estimate of drug-likeness (QED) is 0.0271. The number of amides is 5. The Kier molecular flexibility index (Phi) is 16.5. The van der Waals surface area contributed by atoms with Crippen molar-refractivity contribution in [1.29, 1.82) is 0 Å². The van der Waals surface area contributed by atoms with Crippen LogP contribution in [0.15, 0.2) is 119 Å². The number of piperazine rings is 1. The summed E-state index contributed by atoms with van der Waals surface area (Å²) in [7, 11) is -4.67. The minimum absolute atomic E-state index is 0.0293. The zero-order valence-corrected chi connectivity index (χ0v) is 48.3. The Morgan fingerprint density at radius 1 is 0.928 bits per heavy atom. The minimum Gasteiger partial charge on any atom is -0.455 e. The third-order valence-electron chi connectivity index (χ3n) is 16.3. The molecule has 0 radical (unpaired) electrons. The average molecular weight is 1180 g/mol. The first-order chi connectivity index (χ1) is 39.9. The van der Waals surface area contributed by atoms with E-state index >= 15 is 0 Å². The van der Waals surface area contributed by atoms with E-state index in [-0.39, 0.29) is 52.3 Å². The average Bonchev–Trinajstić information content (AvgIpc) is 3.45. The number of imide groups is 2. The Morgan fingerprint density at radius 2 is 1.73 bits per heavy atom. The predicted molar refractivity (Wildman–Crippen MR) is 317 cm³/mol. The summed E-state index contributed by atoms with van der Waals surface area (Å²) in [5.74, 6) is -2.15. The number of allylic oxidation sites excluding steroid dienone is 1. The number of halogens is 1. The van der Waals surface area contributed by atoms with Gasteiger partial charge in [-0.25, -0.2) is 18.1 Å². The number of nitrogens with zero attached hydrogens (tertiary/aromatic N) is 6. The van der Waals surface area contributed by atoms with Crippen molar-refractivity contribution in [3.05, 3.63) is 146 Å². The van der Waals surface area contributed by atoms with Crippen molar-refractivity contribution in [2.45, 2.75) is 74.6 Å². The van der Waals surface area contributed by atoms with Gasteiger partial charge in [0, 0.05) is 104 Å². The number of nitro benzene ring substituents is 1. The molecule has 5 amide bonds. The third-order valence-corrected chi connectivity index (χ3v) is 18.9. The molecular weight excluding hydrogens is 1120 g/mol. The van der Waals surface area contributed by atoms with Crippen molar-refractivity contribution < 1.29 is 42.1 Å². The van der Waals surface area contributed by atoms with Gasteiger partial charge in [-0.2, -0.15) is 0 Å². The fourth-order valence-electron chi connectivity index (χ4n) is 11.9. The molecule has 0 bridgehead atoms. The lowest BCUT2D eigenvalue weighted by Crippen LogP contribution is -2.54. The molecule has 5 aliphatic rings. The molecule has 4 aromatic carbocycles. The fourth-order valence-corrected chi connectivity index (χ4v) is 14.1. The summed E-state index contributed by atoms with van der Waals surface area (Å²) in [6, 6.07) is 24.2. The molecule has 4 aliphatic heterocycles. The van der Waals surface area contributed by atoms with Gasteiger partial charge in [-0.3, -0.25) is 49.2 Å². The van der Waals surface area contributed by atoms with Gasteiger partial charge in [0.15, 0.2) is 0 Å². The van der Waals surface area contributed by atoms with Crippen LogP contribution in [0.25, 0.3) is 16.6 Å². The van der Waals surface area contributed by atoms with Crippen LogP contribution in [0.1, 0.15) is 95.4 Å². The number of hydrogen-bond donors (Lipinski definition) is 4. The summed E-state index contributed by atoms with van der Waals surface area (Å²) >= 11 is 7.70. The van der Waals surface area contributed by atoms with E-state index in [1.165, 1.54) is 52.9 Å². The summed E-state index contributed by atoms with van der Waals surface area (Å²) in [6.45, 7) is 10.9. The van der Waals surface area contributed by atoms with Crippen molar-refractivity contribution in [2.24, 2.45) is 11.3 Å². The smallest absolute Gasteiger partial charge is 0.293 e. The second-order valence-electron chi connectivity index (χ2n) is 22.6. The van der Waals surface area contributed by atoms with Crippen LogP contribution in [0.4, 0.5) is 17.1 Å². The standard InChI is InChI=1S/C60H63ClN10O10S2/c1-60(2)20-18-40(47(32-60)38-8-10-41(61)11-9-38)36-68-23-25-69(26-24-68)42-12-14-45(51(30-42)81-43-29-39-19-21-62-55(39)64-34-43)56(73)66-83(79,80)44-13-15-48(50(31-44)71(77)78)63-33-37-5-4-22-67(35-37)27-28-82-52-7-3-6-46-54(52)59(76)70(58(46)75)49-16-17-53(72)65-57(49)74/h3,6-15,19,21,29-31,34,37,49,63H,4-5,16-18,20,22-28,32-33,35-36H2,1-2H3,(H,62,64)(H,66,73)(H,65,72,74). The summed E-state index contributed by atoms with van der Waals surface area (Å²) in [6.07, 6.45) is 8.18. The van der Waals surface area contributed by atoms with Crippen molar-refractivity contribution in [3.8, 4) is 11.5 Å². The molecule has 2 aromatic heterocycles. The first-order valence-corrected chi connectivity index (χ1v) is 30.7. The van der Waals surface area contributed by atoms with Gasteiger partial charge in [-0.15, -0.1) is 11.8 Å². The number of piperidine rings is 2. The van der Waals surface area contributed by atoms with Crippen LogP contribution in [-0.4, -0.2) is 138 Å². The Morgan fingerprint density at radius 3 is 2.52 bits per heavy atom. The summed E-state index contributed by atoms with van der Waals surface area (Å²) in [5.41, 5.74) is 5.70. The fraction of sp³-hybridized carbons (Fsp3) is 0.367. The van der Waals surface area contributed by atoms with E-state index in [0.717, 1.165) is 80.3 Å². The highest BCUT2D eigenvalue weighted by Crippen LogP contribution is 2.44. The zero-order valence-electron chi connectivity index (χ0n) is 46.0. The summed E-state index contributed by atoms with van der Waals surface area (Å²) in [4.78, 5) is 92.9. The van der Waals surface area contributed by atoms with Crippen LogP contribution in [-0.2, 0) is 19.6 Å². The number of anilines is 2. The van der Waals surface area contributed by atoms with E-state index in [1.807, 2.05) is 18.2 Å². The molecule has 0 spiro atoms. The van der Waals surface area contributed by atoms with Crippen molar-refractivity contribution in [3.63, 3.8) is 0 Å². The lowest BCUT2D eigenvalue weighted by atomic mass is 9.72. The highest BCUT2D eigenvalue weighted by atomic mass is 35.5. The predicted octanol–water partition coefficient (Wildman–Crippen LogP) is 9.14. The Labute approximate surface area is 489 Å². The molecule has 3 saturated heterocycles. The number of aromatic amines is 1. The molecule has 6 aromatic rings. The molecule has 432 valence electrons. The van der Waals surface area contributed by atoms with Gasteiger partial charge in [-0.05, 0) is 128 Å². The molecule has 6 heterocycles. The normalized spacial score (nSPS) is 19.7. The van der Waals surface area contributed by atoms with E-state index in [9.17, 15) is 42.5 Å². The second kappa shape index (κ2) is 23.9. The molecule has 2 unspecified atom stereocenters. The van der Waals surface area contributed by atoms with Crippen molar-refractivity contribution in [2.75, 3.05) is 74.9 Å². The number of pyridine rings is 1. The first-order valence-electron chi connectivity index (χ1n) is 27.8. The number of aromatic nitrogens is 2. The van der Waals surface area contributed by atoms with E-state index in [0.29, 0.717) is 59.8 Å². The number of ether oxygens (including phenoxy) is 1. The molecular formula is C60H63ClN10O10S2. The van der Waals surface area contributed by atoms with Crippen molar-refractivity contribution in [1.82, 2.24) is 34.7 Å². The first kappa shape index (κ1) is 57.2. The van der Waals surface area contributed by atoms with Gasteiger partial charge in [0.2, 0.25) is 11.8 Å². The zero-order chi connectivity index (χ0) is 58.2. The number of thioether (sulfide) groups is 1. The van der Waals surface area contributed by atoms with Gasteiger partial charge in [0.25, 0.3) is 33.4 Å². The number of likely N-dealkylation sites (tertiary alicyclic amines) is 1. The molecule has 20 nitrogen and oxygen atoms in total. The topological polar surface area (TPSA) is 250 Å². The molecule has 4 N–H and O–H groups in total. The minimum atomic E-state index is -4.67. The maximum absolute atomic E-state index is 14.2. The van der Waals surface area contributed by atoms with Gasteiger partial charge in [0.05, 0.1) is 32.7 Å². The van der Waals surface area contributed by atoms with Crippen LogP contribution in [0, 0.1) is 21.4 Å². The van der Waals surface area contributed by atoms with E-state index in [1.54, 1.807) is 42.6 Å². The Hall–Kier alpha value is -7.63. The van der Waals surface area contributed by atoms with Gasteiger partial charge >= 0.3 is 0 Å². The monoisotopic (exact) mass is 1180 g/mol. The second-order valence-corrected chi connectivity index (χ2v) is 25.9. The number of nitro groups is 1. The third kappa shape index (κ3) is 12.7. The molecule has 83 heavy (non-hydrogen) atoms. The molecule has 2 atom stereocenters. The van der Waals surface area contributed by atoms with Crippen LogP contribution in [0.2, 0.25) is 5.02 Å². The van der Waals surface area contributed by atoms with E-state index < -0.39 is 61.1 Å². The lowest BCUT2D eigenvalue weighted by Gasteiger charge is -2.39. The number of benzene rings is 4. The largest absolute Gasteiger partial charge is 0.455 e. The number of fused-ring (bicyclic) bond motifs is 2. The van der Waals surface area contributed by atoms with Crippen LogP contribution >= 0.6 is 23.4 Å². The number of hydrogen-bond acceptors (Lipinski definition) is 16. The summed E-state index contributed by atoms with van der Waals surface area (Å²) in [5, 5.41) is 19.4. The Balaban J connectivity index is 0.727. The maximum Gasteiger partial charge on any atom is 0.293 e. The van der Waals surface area contributed by atoms with Crippen molar-refractivity contribution >= 4 is 96.6 Å².